The molecule has 1 unspecified atom stereocenters. The zero-order valence-electron chi connectivity index (χ0n) is 10.0. The Balaban J connectivity index is 2.65. The summed E-state index contributed by atoms with van der Waals surface area (Å²) in [6, 6.07) is 7.64. The fraction of sp³-hybridized carbons (Fsp3) is 0.500. The normalized spacial score (nSPS) is 12.8. The van der Waals surface area contributed by atoms with E-state index < -0.39 is 6.10 Å². The van der Waals surface area contributed by atoms with Crippen molar-refractivity contribution in [2.45, 2.75) is 12.4 Å². The van der Waals surface area contributed by atoms with Gasteiger partial charge in [0.15, 0.2) is 6.29 Å². The highest BCUT2D eigenvalue weighted by Crippen LogP contribution is 2.20. The highest BCUT2D eigenvalue weighted by atomic mass is 35.5. The Morgan fingerprint density at radius 3 is 2.65 bits per heavy atom. The quantitative estimate of drug-likeness (QED) is 0.581. The van der Waals surface area contributed by atoms with Crippen LogP contribution < -0.4 is 5.32 Å². The molecule has 0 radical (unpaired) electrons. The van der Waals surface area contributed by atoms with E-state index in [1.165, 1.54) is 0 Å². The first-order valence-corrected chi connectivity index (χ1v) is 5.88. The maximum Gasteiger partial charge on any atom is 0.183 e. The van der Waals surface area contributed by atoms with Crippen LogP contribution in [0.25, 0.3) is 0 Å². The smallest absolute Gasteiger partial charge is 0.183 e. The highest BCUT2D eigenvalue weighted by molar-refractivity contribution is 6.18. The molecule has 0 aromatic heterocycles. The van der Waals surface area contributed by atoms with Gasteiger partial charge in [0, 0.05) is 32.0 Å². The lowest BCUT2D eigenvalue weighted by Gasteiger charge is -2.15. The average Bonchev–Trinajstić information content (AvgIpc) is 2.38. The van der Waals surface area contributed by atoms with Crippen molar-refractivity contribution in [2.24, 2.45) is 0 Å². The number of ether oxygens (including phenoxy) is 2. The molecule has 17 heavy (non-hydrogen) atoms. The molecular weight excluding hydrogens is 242 g/mol. The van der Waals surface area contributed by atoms with Crippen LogP contribution in [0.5, 0.6) is 0 Å². The number of methoxy groups -OCH3 is 2. The standard InChI is InChI=1S/C12H18ClNO3/c1-16-12(17-2)9-4-3-5-10(6-9)14-8-11(15)7-13/h3-6,11-12,14-15H,7-8H2,1-2H3. The fourth-order valence-corrected chi connectivity index (χ4v) is 1.56. The number of benzene rings is 1. The van der Waals surface area contributed by atoms with E-state index in [0.29, 0.717) is 6.54 Å². The first-order valence-electron chi connectivity index (χ1n) is 5.34. The van der Waals surface area contributed by atoms with Crippen LogP contribution in [0.2, 0.25) is 0 Å². The zero-order valence-corrected chi connectivity index (χ0v) is 10.8. The molecule has 1 rings (SSSR count). The van der Waals surface area contributed by atoms with E-state index in [1.54, 1.807) is 14.2 Å². The molecule has 2 N–H and O–H groups in total. The van der Waals surface area contributed by atoms with Gasteiger partial charge in [-0.15, -0.1) is 11.6 Å². The molecule has 1 atom stereocenters. The van der Waals surface area contributed by atoms with Crippen molar-refractivity contribution in [3.63, 3.8) is 0 Å². The monoisotopic (exact) mass is 259 g/mol. The molecule has 0 saturated carbocycles. The summed E-state index contributed by atoms with van der Waals surface area (Å²) >= 11 is 5.51. The Labute approximate surface area is 106 Å². The average molecular weight is 260 g/mol. The maximum absolute atomic E-state index is 9.35. The van der Waals surface area contributed by atoms with Crippen molar-refractivity contribution >= 4 is 17.3 Å². The molecule has 0 aliphatic heterocycles. The van der Waals surface area contributed by atoms with Crippen molar-refractivity contribution in [3.05, 3.63) is 29.8 Å². The molecule has 0 fully saturated rings. The van der Waals surface area contributed by atoms with Crippen molar-refractivity contribution < 1.29 is 14.6 Å². The van der Waals surface area contributed by atoms with E-state index in [2.05, 4.69) is 5.32 Å². The van der Waals surface area contributed by atoms with Gasteiger partial charge in [-0.05, 0) is 12.1 Å². The summed E-state index contributed by atoms with van der Waals surface area (Å²) in [4.78, 5) is 0. The van der Waals surface area contributed by atoms with Crippen molar-refractivity contribution in [2.75, 3.05) is 32.0 Å². The van der Waals surface area contributed by atoms with Gasteiger partial charge in [0.05, 0.1) is 12.0 Å². The van der Waals surface area contributed by atoms with Gasteiger partial charge in [-0.1, -0.05) is 12.1 Å². The molecule has 5 heteroatoms. The fourth-order valence-electron chi connectivity index (χ4n) is 1.45. The molecule has 1 aromatic rings. The van der Waals surface area contributed by atoms with Crippen LogP contribution >= 0.6 is 11.6 Å². The molecular formula is C12H18ClNO3. The number of anilines is 1. The Morgan fingerprint density at radius 1 is 1.35 bits per heavy atom. The summed E-state index contributed by atoms with van der Waals surface area (Å²) in [7, 11) is 3.18. The third kappa shape index (κ3) is 4.52. The number of nitrogens with one attached hydrogen (secondary N) is 1. The molecule has 96 valence electrons. The zero-order chi connectivity index (χ0) is 12.7. The molecule has 0 heterocycles. The topological polar surface area (TPSA) is 50.7 Å². The van der Waals surface area contributed by atoms with E-state index in [4.69, 9.17) is 21.1 Å². The Morgan fingerprint density at radius 2 is 2.06 bits per heavy atom. The lowest BCUT2D eigenvalue weighted by atomic mass is 10.2. The van der Waals surface area contributed by atoms with Crippen LogP contribution in [0, 0.1) is 0 Å². The van der Waals surface area contributed by atoms with Crippen molar-refractivity contribution in [1.29, 1.82) is 0 Å². The summed E-state index contributed by atoms with van der Waals surface area (Å²) in [5.41, 5.74) is 1.81. The van der Waals surface area contributed by atoms with Crippen LogP contribution in [0.15, 0.2) is 24.3 Å². The summed E-state index contributed by atoms with van der Waals surface area (Å²) in [5.74, 6) is 0.214. The van der Waals surface area contributed by atoms with Gasteiger partial charge in [-0.3, -0.25) is 0 Å². The lowest BCUT2D eigenvalue weighted by molar-refractivity contribution is -0.105. The van der Waals surface area contributed by atoms with Crippen molar-refractivity contribution in [1.82, 2.24) is 0 Å². The number of aliphatic hydroxyl groups is 1. The third-order valence-corrected chi connectivity index (χ3v) is 2.66. The number of alkyl halides is 1. The molecule has 0 bridgehead atoms. The second-order valence-electron chi connectivity index (χ2n) is 3.62. The minimum Gasteiger partial charge on any atom is -0.390 e. The Bertz CT molecular complexity index is 331. The van der Waals surface area contributed by atoms with E-state index in [0.717, 1.165) is 11.3 Å². The summed E-state index contributed by atoms with van der Waals surface area (Å²) in [5, 5.41) is 12.4. The SMILES string of the molecule is COC(OC)c1cccc(NCC(O)CCl)c1. The second kappa shape index (κ2) is 7.50. The van der Waals surface area contributed by atoms with Gasteiger partial charge in [0.25, 0.3) is 0 Å². The Kier molecular flexibility index (Phi) is 6.29. The number of aliphatic hydroxyl groups excluding tert-OH is 1. The first-order chi connectivity index (χ1) is 8.21. The molecule has 1 aromatic carbocycles. The van der Waals surface area contributed by atoms with E-state index in [1.807, 2.05) is 24.3 Å². The second-order valence-corrected chi connectivity index (χ2v) is 3.93. The lowest BCUT2D eigenvalue weighted by Crippen LogP contribution is -2.20. The van der Waals surface area contributed by atoms with Gasteiger partial charge in [-0.2, -0.15) is 0 Å². The minimum absolute atomic E-state index is 0.214. The molecule has 0 aliphatic rings. The summed E-state index contributed by atoms with van der Waals surface area (Å²) in [6.45, 7) is 0.414. The Hall–Kier alpha value is -0.810. The minimum atomic E-state index is -0.555. The van der Waals surface area contributed by atoms with Gasteiger partial charge in [-0.25, -0.2) is 0 Å². The van der Waals surface area contributed by atoms with Crippen molar-refractivity contribution in [3.8, 4) is 0 Å². The van der Waals surface area contributed by atoms with Crippen LogP contribution in [-0.4, -0.2) is 37.9 Å². The molecule has 0 amide bonds. The largest absolute Gasteiger partial charge is 0.390 e. The molecule has 0 aliphatic carbocycles. The number of hydrogen-bond donors (Lipinski definition) is 2. The van der Waals surface area contributed by atoms with Gasteiger partial charge in [0.2, 0.25) is 0 Å². The molecule has 0 spiro atoms. The van der Waals surface area contributed by atoms with Crippen LogP contribution in [0.4, 0.5) is 5.69 Å². The number of rotatable bonds is 7. The van der Waals surface area contributed by atoms with Gasteiger partial charge >= 0.3 is 0 Å². The van der Waals surface area contributed by atoms with Gasteiger partial charge < -0.3 is 19.9 Å². The summed E-state index contributed by atoms with van der Waals surface area (Å²) < 4.78 is 10.3. The maximum atomic E-state index is 9.35. The number of halogens is 1. The highest BCUT2D eigenvalue weighted by Gasteiger charge is 2.09. The first kappa shape index (κ1) is 14.3. The molecule has 0 saturated heterocycles. The van der Waals surface area contributed by atoms with E-state index >= 15 is 0 Å². The van der Waals surface area contributed by atoms with Crippen LogP contribution in [-0.2, 0) is 9.47 Å². The molecule has 4 nitrogen and oxygen atoms in total. The number of hydrogen-bond acceptors (Lipinski definition) is 4. The predicted molar refractivity (Wildman–Crippen MR) is 68.4 cm³/mol. The third-order valence-electron chi connectivity index (χ3n) is 2.31. The van der Waals surface area contributed by atoms with Crippen LogP contribution in [0.3, 0.4) is 0 Å². The van der Waals surface area contributed by atoms with E-state index in [9.17, 15) is 5.11 Å². The van der Waals surface area contributed by atoms with Crippen LogP contribution in [0.1, 0.15) is 11.9 Å². The predicted octanol–water partition coefficient (Wildman–Crippen LogP) is 1.99. The van der Waals surface area contributed by atoms with E-state index in [-0.39, 0.29) is 12.2 Å². The van der Waals surface area contributed by atoms with Gasteiger partial charge in [0.1, 0.15) is 0 Å². The summed E-state index contributed by atoms with van der Waals surface area (Å²) in [6.07, 6.45) is -0.935.